The minimum absolute atomic E-state index is 0.0411. The lowest BCUT2D eigenvalue weighted by Gasteiger charge is -2.15. The Morgan fingerprint density at radius 1 is 1.22 bits per heavy atom. The molecular formula is C14H15F2NO. The summed E-state index contributed by atoms with van der Waals surface area (Å²) < 4.78 is 54.2. The SMILES string of the molecule is [2H]C([2H])([2H])Oc1c(F)cc(F)c2cc(N)cc(C(C)C)c12. The van der Waals surface area contributed by atoms with Crippen LogP contribution in [0.2, 0.25) is 0 Å². The average Bonchev–Trinajstić information content (AvgIpc) is 2.32. The molecule has 0 fully saturated rings. The Bertz CT molecular complexity index is 699. The monoisotopic (exact) mass is 254 g/mol. The number of nitrogens with two attached hydrogens (primary N) is 1. The smallest absolute Gasteiger partial charge is 0.168 e. The first kappa shape index (κ1) is 9.14. The molecule has 0 saturated carbocycles. The quantitative estimate of drug-likeness (QED) is 0.826. The number of rotatable bonds is 2. The normalized spacial score (nSPS) is 14.4. The minimum atomic E-state index is -2.83. The maximum atomic E-state index is 14.0. The van der Waals surface area contributed by atoms with Crippen LogP contribution in [0.4, 0.5) is 14.5 Å². The molecule has 2 aromatic carbocycles. The Labute approximate surface area is 109 Å². The fourth-order valence-electron chi connectivity index (χ4n) is 2.06. The Hall–Kier alpha value is -1.84. The van der Waals surface area contributed by atoms with Gasteiger partial charge in [-0.15, -0.1) is 0 Å². The second-order valence-corrected chi connectivity index (χ2v) is 4.46. The minimum Gasteiger partial charge on any atom is -0.493 e. The predicted octanol–water partition coefficient (Wildman–Crippen LogP) is 3.83. The Morgan fingerprint density at radius 3 is 2.56 bits per heavy atom. The predicted molar refractivity (Wildman–Crippen MR) is 68.9 cm³/mol. The summed E-state index contributed by atoms with van der Waals surface area (Å²) in [6.45, 7) is 3.63. The van der Waals surface area contributed by atoms with Crippen LogP contribution >= 0.6 is 0 Å². The van der Waals surface area contributed by atoms with Crippen LogP contribution in [0.15, 0.2) is 18.2 Å². The van der Waals surface area contributed by atoms with E-state index in [1.165, 1.54) is 6.07 Å². The summed E-state index contributed by atoms with van der Waals surface area (Å²) >= 11 is 0. The van der Waals surface area contributed by atoms with Gasteiger partial charge in [0.2, 0.25) is 0 Å². The van der Waals surface area contributed by atoms with Crippen molar-refractivity contribution in [1.29, 1.82) is 0 Å². The van der Waals surface area contributed by atoms with Crippen molar-refractivity contribution in [3.8, 4) is 5.75 Å². The zero-order valence-corrected chi connectivity index (χ0v) is 10.1. The van der Waals surface area contributed by atoms with E-state index in [9.17, 15) is 8.78 Å². The van der Waals surface area contributed by atoms with Gasteiger partial charge < -0.3 is 10.5 Å². The topological polar surface area (TPSA) is 35.2 Å². The maximum Gasteiger partial charge on any atom is 0.168 e. The van der Waals surface area contributed by atoms with E-state index in [-0.39, 0.29) is 16.7 Å². The highest BCUT2D eigenvalue weighted by Crippen LogP contribution is 2.38. The van der Waals surface area contributed by atoms with E-state index in [1.54, 1.807) is 6.07 Å². The molecule has 96 valence electrons. The van der Waals surface area contributed by atoms with E-state index in [4.69, 9.17) is 14.6 Å². The van der Waals surface area contributed by atoms with Crippen molar-refractivity contribution < 1.29 is 17.6 Å². The fraction of sp³-hybridized carbons (Fsp3) is 0.286. The van der Waals surface area contributed by atoms with Gasteiger partial charge in [-0.2, -0.15) is 0 Å². The summed E-state index contributed by atoms with van der Waals surface area (Å²) in [5.74, 6) is -2.45. The van der Waals surface area contributed by atoms with Crippen LogP contribution in [0.3, 0.4) is 0 Å². The van der Waals surface area contributed by atoms with E-state index in [2.05, 4.69) is 0 Å². The number of halogens is 2. The molecule has 2 nitrogen and oxygen atoms in total. The van der Waals surface area contributed by atoms with E-state index in [0.29, 0.717) is 17.3 Å². The third-order valence-corrected chi connectivity index (χ3v) is 2.87. The number of hydrogen-bond donors (Lipinski definition) is 1. The second-order valence-electron chi connectivity index (χ2n) is 4.46. The first-order valence-electron chi connectivity index (χ1n) is 7.00. The molecule has 0 heterocycles. The van der Waals surface area contributed by atoms with Gasteiger partial charge in [-0.1, -0.05) is 13.8 Å². The summed E-state index contributed by atoms with van der Waals surface area (Å²) in [6, 6.07) is 3.51. The molecule has 0 unspecified atom stereocenters. The number of ether oxygens (including phenoxy) is 1. The van der Waals surface area contributed by atoms with Crippen LogP contribution in [-0.2, 0) is 0 Å². The summed E-state index contributed by atoms with van der Waals surface area (Å²) in [5, 5.41) is 0.146. The number of nitrogen functional groups attached to an aromatic ring is 1. The molecule has 0 aliphatic rings. The van der Waals surface area contributed by atoms with Crippen LogP contribution < -0.4 is 10.5 Å². The van der Waals surface area contributed by atoms with Crippen LogP contribution in [0.5, 0.6) is 5.75 Å². The van der Waals surface area contributed by atoms with Gasteiger partial charge in [0, 0.05) is 22.5 Å². The number of fused-ring (bicyclic) bond motifs is 1. The third kappa shape index (κ3) is 1.88. The van der Waals surface area contributed by atoms with Crippen LogP contribution in [0.1, 0.15) is 29.4 Å². The van der Waals surface area contributed by atoms with Crippen molar-refractivity contribution >= 4 is 16.5 Å². The summed E-state index contributed by atoms with van der Waals surface area (Å²) in [5.41, 5.74) is 6.58. The number of methoxy groups -OCH3 is 1. The molecule has 2 N–H and O–H groups in total. The Kier molecular flexibility index (Phi) is 2.25. The van der Waals surface area contributed by atoms with Gasteiger partial charge in [-0.25, -0.2) is 8.78 Å². The summed E-state index contributed by atoms with van der Waals surface area (Å²) in [4.78, 5) is 0. The standard InChI is InChI=1S/C14H15F2NO/c1-7(2)9-4-8(17)5-10-11(15)6-12(16)14(18-3)13(9)10/h4-7H,17H2,1-3H3/i3D3. The molecule has 0 aliphatic carbocycles. The van der Waals surface area contributed by atoms with Gasteiger partial charge in [0.05, 0.1) is 11.2 Å². The number of anilines is 1. The molecule has 2 rings (SSSR count). The lowest BCUT2D eigenvalue weighted by Crippen LogP contribution is -1.99. The van der Waals surface area contributed by atoms with Crippen molar-refractivity contribution in [3.63, 3.8) is 0 Å². The van der Waals surface area contributed by atoms with E-state index >= 15 is 0 Å². The van der Waals surface area contributed by atoms with Gasteiger partial charge in [-0.05, 0) is 23.6 Å². The van der Waals surface area contributed by atoms with Gasteiger partial charge in [0.15, 0.2) is 11.6 Å². The van der Waals surface area contributed by atoms with Crippen molar-refractivity contribution in [2.75, 3.05) is 12.8 Å². The van der Waals surface area contributed by atoms with Gasteiger partial charge in [-0.3, -0.25) is 0 Å². The lowest BCUT2D eigenvalue weighted by atomic mass is 9.94. The highest BCUT2D eigenvalue weighted by molar-refractivity contribution is 5.94. The van der Waals surface area contributed by atoms with E-state index < -0.39 is 24.4 Å². The number of hydrogen-bond acceptors (Lipinski definition) is 2. The Morgan fingerprint density at radius 2 is 1.94 bits per heavy atom. The summed E-state index contributed by atoms with van der Waals surface area (Å²) in [6.07, 6.45) is 0. The van der Waals surface area contributed by atoms with Gasteiger partial charge in [0.25, 0.3) is 0 Å². The number of benzene rings is 2. The first-order chi connectivity index (χ1) is 9.60. The molecule has 4 heteroatoms. The maximum absolute atomic E-state index is 14.0. The third-order valence-electron chi connectivity index (χ3n) is 2.87. The van der Waals surface area contributed by atoms with Crippen LogP contribution in [-0.4, -0.2) is 7.04 Å². The molecular weight excluding hydrogens is 236 g/mol. The van der Waals surface area contributed by atoms with Crippen molar-refractivity contribution in [2.45, 2.75) is 19.8 Å². The van der Waals surface area contributed by atoms with E-state index in [0.717, 1.165) is 0 Å². The van der Waals surface area contributed by atoms with Gasteiger partial charge in [0.1, 0.15) is 5.82 Å². The molecule has 2 aromatic rings. The van der Waals surface area contributed by atoms with Gasteiger partial charge >= 0.3 is 0 Å². The van der Waals surface area contributed by atoms with Crippen molar-refractivity contribution in [2.24, 2.45) is 0 Å². The first-order valence-corrected chi connectivity index (χ1v) is 5.50. The second kappa shape index (κ2) is 4.44. The highest BCUT2D eigenvalue weighted by Gasteiger charge is 2.18. The zero-order chi connectivity index (χ0) is 15.9. The largest absolute Gasteiger partial charge is 0.493 e. The molecule has 0 saturated heterocycles. The highest BCUT2D eigenvalue weighted by atomic mass is 19.1. The van der Waals surface area contributed by atoms with Crippen LogP contribution in [0, 0.1) is 11.6 Å². The Balaban J connectivity index is 2.90. The van der Waals surface area contributed by atoms with E-state index in [1.807, 2.05) is 13.8 Å². The van der Waals surface area contributed by atoms with Crippen LogP contribution in [0.25, 0.3) is 10.8 Å². The average molecular weight is 254 g/mol. The summed E-state index contributed by atoms with van der Waals surface area (Å²) in [7, 11) is -2.83. The molecule has 0 spiro atoms. The molecule has 0 aromatic heterocycles. The lowest BCUT2D eigenvalue weighted by molar-refractivity contribution is 0.389. The fourth-order valence-corrected chi connectivity index (χ4v) is 2.06. The molecule has 0 aliphatic heterocycles. The zero-order valence-electron chi connectivity index (χ0n) is 13.1. The van der Waals surface area contributed by atoms with Crippen molar-refractivity contribution in [3.05, 3.63) is 35.4 Å². The molecule has 0 atom stereocenters. The molecule has 0 bridgehead atoms. The molecule has 18 heavy (non-hydrogen) atoms. The molecule has 0 amide bonds. The molecule has 0 radical (unpaired) electrons. The van der Waals surface area contributed by atoms with Crippen molar-refractivity contribution in [1.82, 2.24) is 0 Å².